The van der Waals surface area contributed by atoms with E-state index in [1.807, 2.05) is 12.1 Å². The molecule has 0 unspecified atom stereocenters. The van der Waals surface area contributed by atoms with E-state index in [2.05, 4.69) is 43.0 Å². The van der Waals surface area contributed by atoms with Crippen molar-refractivity contribution < 1.29 is 4.52 Å². The largest absolute Gasteiger partial charge is 0.337 e. The molecular formula is C15H21N3O. The lowest BCUT2D eigenvalue weighted by molar-refractivity contribution is 0.335. The molecule has 1 aromatic heterocycles. The number of aryl methyl sites for hydroxylation is 1. The molecule has 0 bridgehead atoms. The molecule has 0 saturated carbocycles. The van der Waals surface area contributed by atoms with Crippen LogP contribution in [-0.4, -0.2) is 10.1 Å². The predicted molar refractivity (Wildman–Crippen MR) is 75.5 cm³/mol. The summed E-state index contributed by atoms with van der Waals surface area (Å²) in [5.41, 5.74) is 8.29. The van der Waals surface area contributed by atoms with Gasteiger partial charge < -0.3 is 10.3 Å². The van der Waals surface area contributed by atoms with Crippen molar-refractivity contribution in [2.24, 2.45) is 11.7 Å². The minimum absolute atomic E-state index is 0.184. The Labute approximate surface area is 114 Å². The molecule has 2 N–H and O–H groups in total. The minimum Gasteiger partial charge on any atom is -0.337 e. The van der Waals surface area contributed by atoms with Gasteiger partial charge in [0.05, 0.1) is 6.04 Å². The standard InChI is InChI=1S/C15H21N3O/c1-4-11-5-7-12(8-6-11)14-17-15(19-18-14)13(16)9-10(2)3/h5-8,10,13H,4,9,16H2,1-3H3/t13-/m0/s1. The molecule has 0 amide bonds. The first-order chi connectivity index (χ1) is 9.10. The van der Waals surface area contributed by atoms with Gasteiger partial charge in [0, 0.05) is 5.56 Å². The molecule has 102 valence electrons. The van der Waals surface area contributed by atoms with Crippen molar-refractivity contribution >= 4 is 0 Å². The number of aromatic nitrogens is 2. The molecular weight excluding hydrogens is 238 g/mol. The van der Waals surface area contributed by atoms with E-state index in [-0.39, 0.29) is 6.04 Å². The molecule has 0 aliphatic carbocycles. The van der Waals surface area contributed by atoms with Gasteiger partial charge in [-0.2, -0.15) is 4.98 Å². The fourth-order valence-electron chi connectivity index (χ4n) is 2.00. The van der Waals surface area contributed by atoms with E-state index in [9.17, 15) is 0 Å². The van der Waals surface area contributed by atoms with Crippen LogP contribution in [-0.2, 0) is 6.42 Å². The molecule has 0 saturated heterocycles. The zero-order chi connectivity index (χ0) is 13.8. The molecule has 0 aliphatic heterocycles. The first-order valence-electron chi connectivity index (χ1n) is 6.78. The van der Waals surface area contributed by atoms with E-state index in [0.29, 0.717) is 17.6 Å². The predicted octanol–water partition coefficient (Wildman–Crippen LogP) is 3.34. The maximum Gasteiger partial charge on any atom is 0.243 e. The van der Waals surface area contributed by atoms with Crippen molar-refractivity contribution in [3.8, 4) is 11.4 Å². The van der Waals surface area contributed by atoms with Crippen molar-refractivity contribution in [1.29, 1.82) is 0 Å². The van der Waals surface area contributed by atoms with E-state index in [4.69, 9.17) is 10.3 Å². The molecule has 2 rings (SSSR count). The first kappa shape index (κ1) is 13.7. The van der Waals surface area contributed by atoms with Gasteiger partial charge in [-0.15, -0.1) is 0 Å². The zero-order valence-electron chi connectivity index (χ0n) is 11.8. The summed E-state index contributed by atoms with van der Waals surface area (Å²) >= 11 is 0. The molecule has 2 aromatic rings. The summed E-state index contributed by atoms with van der Waals surface area (Å²) in [7, 11) is 0. The van der Waals surface area contributed by atoms with Gasteiger partial charge >= 0.3 is 0 Å². The molecule has 1 aromatic carbocycles. The second kappa shape index (κ2) is 5.97. The number of nitrogens with two attached hydrogens (primary N) is 1. The van der Waals surface area contributed by atoms with Crippen molar-refractivity contribution in [3.63, 3.8) is 0 Å². The van der Waals surface area contributed by atoms with Crippen LogP contribution in [0.2, 0.25) is 0 Å². The van der Waals surface area contributed by atoms with Gasteiger partial charge in [-0.1, -0.05) is 50.2 Å². The van der Waals surface area contributed by atoms with E-state index in [1.54, 1.807) is 0 Å². The van der Waals surface area contributed by atoms with Gasteiger partial charge in [-0.25, -0.2) is 0 Å². The summed E-state index contributed by atoms with van der Waals surface area (Å²) in [5, 5.41) is 4.00. The molecule has 4 heteroatoms. The minimum atomic E-state index is -0.184. The molecule has 1 atom stereocenters. The van der Waals surface area contributed by atoms with E-state index in [1.165, 1.54) is 5.56 Å². The third kappa shape index (κ3) is 3.41. The highest BCUT2D eigenvalue weighted by atomic mass is 16.5. The summed E-state index contributed by atoms with van der Waals surface area (Å²) in [6.45, 7) is 6.38. The first-order valence-corrected chi connectivity index (χ1v) is 6.78. The third-order valence-electron chi connectivity index (χ3n) is 3.10. The highest BCUT2D eigenvalue weighted by Crippen LogP contribution is 2.21. The Balaban J connectivity index is 2.15. The second-order valence-electron chi connectivity index (χ2n) is 5.24. The van der Waals surface area contributed by atoms with E-state index in [0.717, 1.165) is 18.4 Å². The monoisotopic (exact) mass is 259 g/mol. The second-order valence-corrected chi connectivity index (χ2v) is 5.24. The average Bonchev–Trinajstić information content (AvgIpc) is 2.88. The lowest BCUT2D eigenvalue weighted by Crippen LogP contribution is -2.13. The molecule has 0 fully saturated rings. The Kier molecular flexibility index (Phi) is 4.32. The molecule has 0 radical (unpaired) electrons. The van der Waals surface area contributed by atoms with Crippen LogP contribution in [0.3, 0.4) is 0 Å². The van der Waals surface area contributed by atoms with Crippen LogP contribution < -0.4 is 5.73 Å². The number of rotatable bonds is 5. The van der Waals surface area contributed by atoms with Crippen molar-refractivity contribution in [1.82, 2.24) is 10.1 Å². The van der Waals surface area contributed by atoms with Gasteiger partial charge in [-0.05, 0) is 24.3 Å². The molecule has 1 heterocycles. The summed E-state index contributed by atoms with van der Waals surface area (Å²) in [4.78, 5) is 4.39. The molecule has 0 spiro atoms. The average molecular weight is 259 g/mol. The molecule has 0 aliphatic rings. The molecule has 4 nitrogen and oxygen atoms in total. The number of benzene rings is 1. The SMILES string of the molecule is CCc1ccc(-c2noc([C@@H](N)CC(C)C)n2)cc1. The number of hydrogen-bond donors (Lipinski definition) is 1. The Morgan fingerprint density at radius 1 is 1.21 bits per heavy atom. The number of nitrogens with zero attached hydrogens (tertiary/aromatic N) is 2. The Morgan fingerprint density at radius 3 is 2.47 bits per heavy atom. The van der Waals surface area contributed by atoms with Crippen LogP contribution in [0.4, 0.5) is 0 Å². The van der Waals surface area contributed by atoms with E-state index >= 15 is 0 Å². The van der Waals surface area contributed by atoms with Gasteiger partial charge in [0.15, 0.2) is 0 Å². The maximum atomic E-state index is 6.04. The Bertz CT molecular complexity index is 516. The van der Waals surface area contributed by atoms with Crippen LogP contribution in [0, 0.1) is 5.92 Å². The highest BCUT2D eigenvalue weighted by molar-refractivity contribution is 5.54. The van der Waals surface area contributed by atoms with E-state index < -0.39 is 0 Å². The van der Waals surface area contributed by atoms with Crippen molar-refractivity contribution in [2.45, 2.75) is 39.7 Å². The quantitative estimate of drug-likeness (QED) is 0.894. The lowest BCUT2D eigenvalue weighted by Gasteiger charge is -2.08. The summed E-state index contributed by atoms with van der Waals surface area (Å²) in [6, 6.07) is 8.01. The maximum absolute atomic E-state index is 6.04. The van der Waals surface area contributed by atoms with Gasteiger partial charge in [0.25, 0.3) is 0 Å². The van der Waals surface area contributed by atoms with Crippen LogP contribution in [0.25, 0.3) is 11.4 Å². The van der Waals surface area contributed by atoms with Gasteiger partial charge in [0.2, 0.25) is 11.7 Å². The van der Waals surface area contributed by atoms with Gasteiger partial charge in [0.1, 0.15) is 0 Å². The lowest BCUT2D eigenvalue weighted by atomic mass is 10.0. The fraction of sp³-hybridized carbons (Fsp3) is 0.467. The number of hydrogen-bond acceptors (Lipinski definition) is 4. The van der Waals surface area contributed by atoms with Crippen LogP contribution in [0.5, 0.6) is 0 Å². The summed E-state index contributed by atoms with van der Waals surface area (Å²) in [6.07, 6.45) is 1.87. The Hall–Kier alpha value is -1.68. The smallest absolute Gasteiger partial charge is 0.243 e. The third-order valence-corrected chi connectivity index (χ3v) is 3.10. The normalized spacial score (nSPS) is 12.9. The van der Waals surface area contributed by atoms with Crippen molar-refractivity contribution in [2.75, 3.05) is 0 Å². The zero-order valence-corrected chi connectivity index (χ0v) is 11.8. The highest BCUT2D eigenvalue weighted by Gasteiger charge is 2.16. The Morgan fingerprint density at radius 2 is 1.89 bits per heavy atom. The summed E-state index contributed by atoms with van der Waals surface area (Å²) in [5.74, 6) is 1.63. The van der Waals surface area contributed by atoms with Crippen molar-refractivity contribution in [3.05, 3.63) is 35.7 Å². The van der Waals surface area contributed by atoms with Crippen LogP contribution >= 0.6 is 0 Å². The topological polar surface area (TPSA) is 64.9 Å². The molecule has 19 heavy (non-hydrogen) atoms. The van der Waals surface area contributed by atoms with Crippen LogP contribution in [0.1, 0.15) is 44.7 Å². The van der Waals surface area contributed by atoms with Gasteiger partial charge in [-0.3, -0.25) is 0 Å². The van der Waals surface area contributed by atoms with Crippen LogP contribution in [0.15, 0.2) is 28.8 Å². The fourth-order valence-corrected chi connectivity index (χ4v) is 2.00. The summed E-state index contributed by atoms with van der Waals surface area (Å²) < 4.78 is 5.25.